The van der Waals surface area contributed by atoms with E-state index in [2.05, 4.69) is 0 Å². The van der Waals surface area contributed by atoms with E-state index in [-0.39, 0.29) is 6.09 Å². The van der Waals surface area contributed by atoms with E-state index in [0.29, 0.717) is 11.3 Å². The lowest BCUT2D eigenvalue weighted by Crippen LogP contribution is -2.42. The highest BCUT2D eigenvalue weighted by Crippen LogP contribution is 2.59. The Bertz CT molecular complexity index is 303. The number of carbonyl (C=O) groups is 1. The first-order chi connectivity index (χ1) is 7.86. The predicted octanol–water partition coefficient (Wildman–Crippen LogP) is 3.26. The number of ether oxygens (including phenoxy) is 1. The van der Waals surface area contributed by atoms with Crippen LogP contribution in [0.1, 0.15) is 40.0 Å². The van der Waals surface area contributed by atoms with Crippen molar-refractivity contribution in [2.75, 3.05) is 19.0 Å². The Labute approximate surface area is 108 Å². The van der Waals surface area contributed by atoms with Crippen LogP contribution in [0.2, 0.25) is 0 Å². The topological polar surface area (TPSA) is 29.5 Å². The van der Waals surface area contributed by atoms with E-state index in [4.69, 9.17) is 16.3 Å². The molecule has 0 aromatic heterocycles. The van der Waals surface area contributed by atoms with Crippen LogP contribution in [0.3, 0.4) is 0 Å². The van der Waals surface area contributed by atoms with E-state index < -0.39 is 5.60 Å². The van der Waals surface area contributed by atoms with Crippen molar-refractivity contribution in [2.45, 2.75) is 45.6 Å². The molecule has 4 heteroatoms. The van der Waals surface area contributed by atoms with Crippen LogP contribution in [0.25, 0.3) is 0 Å². The lowest BCUT2D eigenvalue weighted by Gasteiger charge is -2.34. The molecule has 0 bridgehead atoms. The van der Waals surface area contributed by atoms with Gasteiger partial charge in [-0.15, -0.1) is 11.6 Å². The Morgan fingerprint density at radius 3 is 2.41 bits per heavy atom. The summed E-state index contributed by atoms with van der Waals surface area (Å²) in [6, 6.07) is 0. The summed E-state index contributed by atoms with van der Waals surface area (Å²) >= 11 is 5.90. The molecule has 2 fully saturated rings. The smallest absolute Gasteiger partial charge is 0.410 e. The van der Waals surface area contributed by atoms with Crippen LogP contribution in [0.5, 0.6) is 0 Å². The van der Waals surface area contributed by atoms with Crippen LogP contribution in [0, 0.1) is 11.3 Å². The number of piperidine rings is 1. The molecule has 1 aliphatic heterocycles. The Kier molecular flexibility index (Phi) is 3.32. The van der Waals surface area contributed by atoms with Crippen molar-refractivity contribution in [3.8, 4) is 0 Å². The lowest BCUT2D eigenvalue weighted by molar-refractivity contribution is 0.0167. The van der Waals surface area contributed by atoms with Crippen molar-refractivity contribution in [3.63, 3.8) is 0 Å². The number of hydrogen-bond donors (Lipinski definition) is 0. The average molecular weight is 260 g/mol. The number of alkyl halides is 1. The molecule has 0 radical (unpaired) electrons. The molecule has 0 N–H and O–H groups in total. The summed E-state index contributed by atoms with van der Waals surface area (Å²) in [7, 11) is 0. The summed E-state index contributed by atoms with van der Waals surface area (Å²) in [4.78, 5) is 13.7. The molecule has 17 heavy (non-hydrogen) atoms. The number of hydrogen-bond acceptors (Lipinski definition) is 2. The number of amides is 1. The average Bonchev–Trinajstić information content (AvgIpc) is 2.90. The first-order valence-corrected chi connectivity index (χ1v) is 6.94. The second-order valence-electron chi connectivity index (χ2n) is 6.39. The van der Waals surface area contributed by atoms with Gasteiger partial charge in [0.25, 0.3) is 0 Å². The standard InChI is InChI=1S/C13H22ClNO2/c1-12(2,3)17-11(16)15-6-4-13(5-7-15)8-10(13)9-14/h10H,4-9H2,1-3H3. The van der Waals surface area contributed by atoms with Gasteiger partial charge in [0.15, 0.2) is 0 Å². The quantitative estimate of drug-likeness (QED) is 0.677. The van der Waals surface area contributed by atoms with Crippen molar-refractivity contribution < 1.29 is 9.53 Å². The minimum atomic E-state index is -0.398. The third kappa shape index (κ3) is 2.87. The zero-order chi connectivity index (χ0) is 12.7. The first kappa shape index (κ1) is 13.0. The van der Waals surface area contributed by atoms with E-state index in [1.54, 1.807) is 0 Å². The number of nitrogens with zero attached hydrogens (tertiary/aromatic N) is 1. The molecular weight excluding hydrogens is 238 g/mol. The second-order valence-corrected chi connectivity index (χ2v) is 6.69. The molecule has 98 valence electrons. The van der Waals surface area contributed by atoms with Crippen molar-refractivity contribution in [1.82, 2.24) is 4.90 Å². The fourth-order valence-corrected chi connectivity index (χ4v) is 3.16. The normalized spacial score (nSPS) is 27.1. The molecule has 3 nitrogen and oxygen atoms in total. The van der Waals surface area contributed by atoms with Crippen molar-refractivity contribution >= 4 is 17.7 Å². The summed E-state index contributed by atoms with van der Waals surface area (Å²) in [6.45, 7) is 7.35. The fraction of sp³-hybridized carbons (Fsp3) is 0.923. The van der Waals surface area contributed by atoms with Crippen molar-refractivity contribution in [3.05, 3.63) is 0 Å². The minimum Gasteiger partial charge on any atom is -0.444 e. The Morgan fingerprint density at radius 1 is 1.41 bits per heavy atom. The summed E-state index contributed by atoms with van der Waals surface area (Å²) < 4.78 is 5.38. The summed E-state index contributed by atoms with van der Waals surface area (Å²) in [5, 5.41) is 0. The molecule has 1 aliphatic carbocycles. The molecule has 1 unspecified atom stereocenters. The zero-order valence-electron chi connectivity index (χ0n) is 11.0. The van der Waals surface area contributed by atoms with Gasteiger partial charge in [0, 0.05) is 19.0 Å². The maximum atomic E-state index is 11.9. The second kappa shape index (κ2) is 4.34. The van der Waals surface area contributed by atoms with Crippen LogP contribution in [0.4, 0.5) is 4.79 Å². The highest BCUT2D eigenvalue weighted by atomic mass is 35.5. The molecule has 0 aromatic rings. The summed E-state index contributed by atoms with van der Waals surface area (Å²) in [6.07, 6.45) is 3.25. The van der Waals surface area contributed by atoms with Gasteiger partial charge in [0.1, 0.15) is 5.60 Å². The van der Waals surface area contributed by atoms with E-state index in [1.807, 2.05) is 25.7 Å². The van der Waals surface area contributed by atoms with Gasteiger partial charge in [-0.2, -0.15) is 0 Å². The van der Waals surface area contributed by atoms with E-state index in [9.17, 15) is 4.79 Å². The molecule has 2 rings (SSSR count). The highest BCUT2D eigenvalue weighted by molar-refractivity contribution is 6.18. The van der Waals surface area contributed by atoms with Gasteiger partial charge in [0.05, 0.1) is 0 Å². The summed E-state index contributed by atoms with van der Waals surface area (Å²) in [5.74, 6) is 1.46. The predicted molar refractivity (Wildman–Crippen MR) is 68.3 cm³/mol. The van der Waals surface area contributed by atoms with Crippen LogP contribution in [-0.4, -0.2) is 35.6 Å². The molecule has 1 saturated heterocycles. The van der Waals surface area contributed by atoms with Gasteiger partial charge >= 0.3 is 6.09 Å². The monoisotopic (exact) mass is 259 g/mol. The molecular formula is C13H22ClNO2. The third-order valence-corrected chi connectivity index (χ3v) is 4.33. The number of likely N-dealkylation sites (tertiary alicyclic amines) is 1. The molecule has 0 aromatic carbocycles. The molecule has 2 aliphatic rings. The fourth-order valence-electron chi connectivity index (χ4n) is 2.72. The van der Waals surface area contributed by atoms with Crippen molar-refractivity contribution in [2.24, 2.45) is 11.3 Å². The molecule has 1 saturated carbocycles. The zero-order valence-corrected chi connectivity index (χ0v) is 11.7. The van der Waals surface area contributed by atoms with Gasteiger partial charge in [-0.05, 0) is 51.4 Å². The Morgan fingerprint density at radius 2 is 2.00 bits per heavy atom. The Hall–Kier alpha value is -0.440. The minimum absolute atomic E-state index is 0.171. The Balaban J connectivity index is 1.82. The van der Waals surface area contributed by atoms with E-state index in [0.717, 1.165) is 31.8 Å². The summed E-state index contributed by atoms with van der Waals surface area (Å²) in [5.41, 5.74) is 0.0603. The largest absolute Gasteiger partial charge is 0.444 e. The highest BCUT2D eigenvalue weighted by Gasteiger charge is 2.54. The van der Waals surface area contributed by atoms with Crippen LogP contribution < -0.4 is 0 Å². The molecule has 1 heterocycles. The number of rotatable bonds is 1. The lowest BCUT2D eigenvalue weighted by atomic mass is 9.91. The molecule has 1 atom stereocenters. The number of halogens is 1. The van der Waals surface area contributed by atoms with Crippen LogP contribution in [-0.2, 0) is 4.74 Å². The SMILES string of the molecule is CC(C)(C)OC(=O)N1CCC2(CC1)CC2CCl. The maximum absolute atomic E-state index is 11.9. The van der Waals surface area contributed by atoms with Crippen LogP contribution in [0.15, 0.2) is 0 Å². The van der Waals surface area contributed by atoms with Crippen molar-refractivity contribution in [1.29, 1.82) is 0 Å². The molecule has 1 spiro atoms. The third-order valence-electron chi connectivity index (χ3n) is 3.96. The van der Waals surface area contributed by atoms with Gasteiger partial charge in [-0.25, -0.2) is 4.79 Å². The van der Waals surface area contributed by atoms with Gasteiger partial charge in [0.2, 0.25) is 0 Å². The van der Waals surface area contributed by atoms with E-state index >= 15 is 0 Å². The maximum Gasteiger partial charge on any atom is 0.410 e. The van der Waals surface area contributed by atoms with Crippen LogP contribution >= 0.6 is 11.6 Å². The van der Waals surface area contributed by atoms with Gasteiger partial charge in [-0.1, -0.05) is 0 Å². The number of carbonyl (C=O) groups excluding carboxylic acids is 1. The molecule has 1 amide bonds. The van der Waals surface area contributed by atoms with E-state index in [1.165, 1.54) is 6.42 Å². The van der Waals surface area contributed by atoms with Gasteiger partial charge in [-0.3, -0.25) is 0 Å². The first-order valence-electron chi connectivity index (χ1n) is 6.40. The van der Waals surface area contributed by atoms with Gasteiger partial charge < -0.3 is 9.64 Å².